The Labute approximate surface area is 161 Å². The van der Waals surface area contributed by atoms with E-state index in [4.69, 9.17) is 14.6 Å². The summed E-state index contributed by atoms with van der Waals surface area (Å²) in [7, 11) is -0.550. The molecular formula is C19H18N4O4S. The van der Waals surface area contributed by atoms with E-state index in [2.05, 4.69) is 10.1 Å². The number of primary sulfonamides is 1. The minimum atomic E-state index is -3.72. The van der Waals surface area contributed by atoms with Crippen LogP contribution >= 0.6 is 0 Å². The van der Waals surface area contributed by atoms with Crippen LogP contribution in [0.5, 0.6) is 11.5 Å². The molecular weight excluding hydrogens is 380 g/mol. The van der Waals surface area contributed by atoms with Crippen molar-refractivity contribution in [1.29, 1.82) is 0 Å². The van der Waals surface area contributed by atoms with Crippen molar-refractivity contribution in [2.45, 2.75) is 11.4 Å². The molecule has 0 spiro atoms. The predicted molar refractivity (Wildman–Crippen MR) is 105 cm³/mol. The van der Waals surface area contributed by atoms with Gasteiger partial charge in [-0.3, -0.25) is 9.67 Å². The second-order valence-corrected chi connectivity index (χ2v) is 7.84. The van der Waals surface area contributed by atoms with Gasteiger partial charge in [-0.15, -0.1) is 0 Å². The van der Waals surface area contributed by atoms with E-state index in [0.717, 1.165) is 27.4 Å². The molecule has 28 heavy (non-hydrogen) atoms. The number of pyridine rings is 1. The molecule has 2 aromatic heterocycles. The number of fused-ring (bicyclic) bond motifs is 3. The number of methoxy groups -OCH3 is 2. The minimum Gasteiger partial charge on any atom is -0.493 e. The van der Waals surface area contributed by atoms with Gasteiger partial charge in [-0.25, -0.2) is 13.6 Å². The quantitative estimate of drug-likeness (QED) is 0.552. The molecule has 0 aliphatic rings. The Morgan fingerprint density at radius 2 is 1.71 bits per heavy atom. The van der Waals surface area contributed by atoms with Gasteiger partial charge in [0, 0.05) is 23.0 Å². The molecule has 144 valence electrons. The summed E-state index contributed by atoms with van der Waals surface area (Å²) < 4.78 is 35.5. The molecule has 0 unspecified atom stereocenters. The molecule has 0 radical (unpaired) electrons. The number of hydrogen-bond acceptors (Lipinski definition) is 6. The van der Waals surface area contributed by atoms with Gasteiger partial charge in [-0.1, -0.05) is 12.1 Å². The van der Waals surface area contributed by atoms with Crippen molar-refractivity contribution >= 4 is 31.8 Å². The molecule has 0 aliphatic heterocycles. The molecule has 8 nitrogen and oxygen atoms in total. The second-order valence-electron chi connectivity index (χ2n) is 6.28. The average Bonchev–Trinajstić information content (AvgIpc) is 3.09. The molecule has 0 saturated heterocycles. The maximum absolute atomic E-state index is 11.4. The number of benzene rings is 2. The molecule has 2 aromatic carbocycles. The van der Waals surface area contributed by atoms with Crippen LogP contribution in [0.2, 0.25) is 0 Å². The van der Waals surface area contributed by atoms with E-state index in [1.807, 2.05) is 16.8 Å². The van der Waals surface area contributed by atoms with Crippen molar-refractivity contribution in [2.24, 2.45) is 5.14 Å². The first-order valence-corrected chi connectivity index (χ1v) is 9.93. The van der Waals surface area contributed by atoms with E-state index >= 15 is 0 Å². The molecule has 4 aromatic rings. The van der Waals surface area contributed by atoms with Gasteiger partial charge in [-0.05, 0) is 23.8 Å². The van der Waals surface area contributed by atoms with E-state index in [9.17, 15) is 8.42 Å². The van der Waals surface area contributed by atoms with E-state index in [1.165, 1.54) is 12.1 Å². The van der Waals surface area contributed by atoms with Crippen LogP contribution in [0.3, 0.4) is 0 Å². The zero-order valence-corrected chi connectivity index (χ0v) is 16.1. The third kappa shape index (κ3) is 3.14. The third-order valence-corrected chi connectivity index (χ3v) is 5.48. The lowest BCUT2D eigenvalue weighted by Crippen LogP contribution is -2.12. The molecule has 0 fully saturated rings. The molecule has 0 amide bonds. The maximum atomic E-state index is 11.4. The maximum Gasteiger partial charge on any atom is 0.238 e. The smallest absolute Gasteiger partial charge is 0.238 e. The van der Waals surface area contributed by atoms with Crippen molar-refractivity contribution in [2.75, 3.05) is 14.2 Å². The van der Waals surface area contributed by atoms with E-state index in [0.29, 0.717) is 18.0 Å². The van der Waals surface area contributed by atoms with Gasteiger partial charge in [0.25, 0.3) is 0 Å². The number of sulfonamides is 1. The lowest BCUT2D eigenvalue weighted by Gasteiger charge is -2.11. The first-order valence-electron chi connectivity index (χ1n) is 8.38. The number of aromatic nitrogens is 3. The average molecular weight is 398 g/mol. The predicted octanol–water partition coefficient (Wildman–Crippen LogP) is 2.30. The Bertz CT molecular complexity index is 1280. The lowest BCUT2D eigenvalue weighted by molar-refractivity contribution is 0.356. The highest BCUT2D eigenvalue weighted by atomic mass is 32.2. The number of nitrogens with two attached hydrogens (primary N) is 1. The summed E-state index contributed by atoms with van der Waals surface area (Å²) in [5.74, 6) is 1.21. The van der Waals surface area contributed by atoms with Gasteiger partial charge in [-0.2, -0.15) is 5.10 Å². The van der Waals surface area contributed by atoms with E-state index in [1.54, 1.807) is 38.7 Å². The molecule has 0 aliphatic carbocycles. The fourth-order valence-corrected chi connectivity index (χ4v) is 3.69. The summed E-state index contributed by atoms with van der Waals surface area (Å²) in [6, 6.07) is 10.1. The topological polar surface area (TPSA) is 109 Å². The molecule has 0 bridgehead atoms. The van der Waals surface area contributed by atoms with Crippen LogP contribution in [-0.4, -0.2) is 37.4 Å². The fraction of sp³-hybridized carbons (Fsp3) is 0.158. The molecule has 0 saturated carbocycles. The second kappa shape index (κ2) is 6.77. The first-order chi connectivity index (χ1) is 13.4. The van der Waals surface area contributed by atoms with Crippen LogP contribution in [0, 0.1) is 0 Å². The van der Waals surface area contributed by atoms with Crippen molar-refractivity contribution < 1.29 is 17.9 Å². The zero-order chi connectivity index (χ0) is 19.9. The molecule has 2 heterocycles. The molecule has 0 atom stereocenters. The van der Waals surface area contributed by atoms with Crippen molar-refractivity contribution in [3.63, 3.8) is 0 Å². The minimum absolute atomic E-state index is 0.0769. The normalized spacial score (nSPS) is 11.8. The van der Waals surface area contributed by atoms with Gasteiger partial charge in [0.2, 0.25) is 10.0 Å². The standard InChI is InChI=1S/C19H18N4O4S/c1-26-17-7-15-16(8-18(17)27-2)21-9-13-10-22-23(19(13)15)11-12-3-5-14(6-4-12)28(20,24)25/h3-10H,11H2,1-2H3,(H2,20,24,25). The monoisotopic (exact) mass is 398 g/mol. The van der Waals surface area contributed by atoms with Crippen LogP contribution in [0.25, 0.3) is 21.8 Å². The van der Waals surface area contributed by atoms with Crippen LogP contribution in [0.15, 0.2) is 53.7 Å². The first kappa shape index (κ1) is 18.2. The van der Waals surface area contributed by atoms with E-state index in [-0.39, 0.29) is 4.90 Å². The van der Waals surface area contributed by atoms with Crippen LogP contribution < -0.4 is 14.6 Å². The highest BCUT2D eigenvalue weighted by Gasteiger charge is 2.14. The summed E-state index contributed by atoms with van der Waals surface area (Å²) in [6.07, 6.45) is 3.51. The summed E-state index contributed by atoms with van der Waals surface area (Å²) in [5, 5.41) is 11.4. The molecule has 2 N–H and O–H groups in total. The Balaban J connectivity index is 1.82. The summed E-state index contributed by atoms with van der Waals surface area (Å²) >= 11 is 0. The van der Waals surface area contributed by atoms with Gasteiger partial charge < -0.3 is 9.47 Å². The van der Waals surface area contributed by atoms with Crippen molar-refractivity contribution in [3.8, 4) is 11.5 Å². The molecule has 4 rings (SSSR count). The van der Waals surface area contributed by atoms with Gasteiger partial charge in [0.1, 0.15) is 0 Å². The number of rotatable bonds is 5. The number of ether oxygens (including phenoxy) is 2. The Hall–Kier alpha value is -3.17. The fourth-order valence-electron chi connectivity index (χ4n) is 3.17. The Kier molecular flexibility index (Phi) is 4.40. The largest absolute Gasteiger partial charge is 0.493 e. The van der Waals surface area contributed by atoms with Crippen LogP contribution in [0.4, 0.5) is 0 Å². The summed E-state index contributed by atoms with van der Waals surface area (Å²) in [4.78, 5) is 4.56. The van der Waals surface area contributed by atoms with Gasteiger partial charge in [0.15, 0.2) is 11.5 Å². The van der Waals surface area contributed by atoms with E-state index < -0.39 is 10.0 Å². The highest BCUT2D eigenvalue weighted by Crippen LogP contribution is 2.34. The van der Waals surface area contributed by atoms with Gasteiger partial charge >= 0.3 is 0 Å². The number of hydrogen-bond donors (Lipinski definition) is 1. The summed E-state index contributed by atoms with van der Waals surface area (Å²) in [6.45, 7) is 0.460. The third-order valence-electron chi connectivity index (χ3n) is 4.55. The van der Waals surface area contributed by atoms with Crippen molar-refractivity contribution in [1.82, 2.24) is 14.8 Å². The zero-order valence-electron chi connectivity index (χ0n) is 15.3. The molecule has 9 heteroatoms. The number of nitrogens with zero attached hydrogens (tertiary/aromatic N) is 3. The van der Waals surface area contributed by atoms with Crippen LogP contribution in [0.1, 0.15) is 5.56 Å². The highest BCUT2D eigenvalue weighted by molar-refractivity contribution is 7.89. The lowest BCUT2D eigenvalue weighted by atomic mass is 10.1. The Morgan fingerprint density at radius 1 is 1.04 bits per heavy atom. The Morgan fingerprint density at radius 3 is 2.36 bits per heavy atom. The summed E-state index contributed by atoms with van der Waals surface area (Å²) in [5.41, 5.74) is 2.56. The van der Waals surface area contributed by atoms with Gasteiger partial charge in [0.05, 0.1) is 42.9 Å². The van der Waals surface area contributed by atoms with Crippen molar-refractivity contribution in [3.05, 3.63) is 54.4 Å². The SMILES string of the molecule is COc1cc2ncc3cnn(Cc4ccc(S(N)(=O)=O)cc4)c3c2cc1OC. The van der Waals surface area contributed by atoms with Crippen LogP contribution in [-0.2, 0) is 16.6 Å².